The first-order chi connectivity index (χ1) is 12.6. The molecular weight excluding hydrogens is 331 g/mol. The van der Waals surface area contributed by atoms with Gasteiger partial charge in [-0.2, -0.15) is 0 Å². The molecule has 0 spiro atoms. The Morgan fingerprint density at radius 3 is 2.50 bits per heavy atom. The molecule has 1 amide bonds. The highest BCUT2D eigenvalue weighted by molar-refractivity contribution is 5.95. The van der Waals surface area contributed by atoms with E-state index < -0.39 is 0 Å². The number of carbonyl (C=O) groups is 1. The minimum atomic E-state index is -0.259. The molecule has 0 aromatic heterocycles. The zero-order valence-corrected chi connectivity index (χ0v) is 15.1. The third kappa shape index (κ3) is 4.05. The highest BCUT2D eigenvalue weighted by Gasteiger charge is 2.28. The first-order valence-electron chi connectivity index (χ1n) is 9.08. The molecule has 1 N–H and O–H groups in total. The topological polar surface area (TPSA) is 43.8 Å². The fourth-order valence-corrected chi connectivity index (χ4v) is 3.51. The van der Waals surface area contributed by atoms with Crippen LogP contribution in [0.3, 0.4) is 0 Å². The van der Waals surface area contributed by atoms with Gasteiger partial charge >= 0.3 is 0 Å². The number of aliphatic hydroxyl groups excluding tert-OH is 1. The van der Waals surface area contributed by atoms with Gasteiger partial charge in [0.1, 0.15) is 5.82 Å². The number of halogens is 1. The summed E-state index contributed by atoms with van der Waals surface area (Å²) in [6, 6.07) is 13.9. The van der Waals surface area contributed by atoms with Crippen LogP contribution in [0.25, 0.3) is 0 Å². The van der Waals surface area contributed by atoms with Crippen molar-refractivity contribution < 1.29 is 14.3 Å². The van der Waals surface area contributed by atoms with Crippen molar-refractivity contribution in [2.45, 2.75) is 25.3 Å². The summed E-state index contributed by atoms with van der Waals surface area (Å²) in [5.41, 5.74) is 2.60. The maximum atomic E-state index is 13.2. The maximum Gasteiger partial charge on any atom is 0.254 e. The number of piperidine rings is 1. The Bertz CT molecular complexity index is 731. The van der Waals surface area contributed by atoms with Crippen molar-refractivity contribution in [3.05, 3.63) is 65.5 Å². The second kappa shape index (κ2) is 8.32. The van der Waals surface area contributed by atoms with E-state index in [1.807, 2.05) is 41.1 Å². The van der Waals surface area contributed by atoms with E-state index in [1.165, 1.54) is 12.1 Å². The van der Waals surface area contributed by atoms with Crippen molar-refractivity contribution in [2.75, 3.05) is 31.6 Å². The van der Waals surface area contributed by atoms with Crippen LogP contribution in [0.1, 0.15) is 41.2 Å². The molecule has 0 unspecified atom stereocenters. The van der Waals surface area contributed by atoms with E-state index in [2.05, 4.69) is 0 Å². The van der Waals surface area contributed by atoms with Crippen LogP contribution in [-0.2, 0) is 0 Å². The predicted octanol–water partition coefficient (Wildman–Crippen LogP) is 3.62. The molecule has 1 saturated heterocycles. The van der Waals surface area contributed by atoms with Crippen LogP contribution in [0.15, 0.2) is 48.5 Å². The summed E-state index contributed by atoms with van der Waals surface area (Å²) in [6.07, 6.45) is 2.95. The molecular formula is C21H25FN2O2. The highest BCUT2D eigenvalue weighted by atomic mass is 19.1. The predicted molar refractivity (Wildman–Crippen MR) is 101 cm³/mol. The molecule has 0 saturated carbocycles. The molecule has 1 heterocycles. The van der Waals surface area contributed by atoms with Crippen LogP contribution in [0.5, 0.6) is 0 Å². The number of aliphatic hydroxyl groups is 1. The van der Waals surface area contributed by atoms with Gasteiger partial charge in [0.15, 0.2) is 0 Å². The lowest BCUT2D eigenvalue weighted by Crippen LogP contribution is -2.38. The summed E-state index contributed by atoms with van der Waals surface area (Å²) in [6.45, 7) is 1.35. The summed E-state index contributed by atoms with van der Waals surface area (Å²) in [5, 5.41) is 9.04. The summed E-state index contributed by atoms with van der Waals surface area (Å²) in [7, 11) is 1.91. The molecule has 2 aromatic carbocycles. The molecule has 0 bridgehead atoms. The number of nitrogens with zero attached hydrogens (tertiary/aromatic N) is 2. The molecule has 138 valence electrons. The van der Waals surface area contributed by atoms with Gasteiger partial charge in [0.2, 0.25) is 0 Å². The number of amides is 1. The van der Waals surface area contributed by atoms with E-state index in [0.717, 1.165) is 30.5 Å². The van der Waals surface area contributed by atoms with E-state index in [-0.39, 0.29) is 24.4 Å². The highest BCUT2D eigenvalue weighted by Crippen LogP contribution is 2.32. The lowest BCUT2D eigenvalue weighted by Gasteiger charge is -2.36. The Morgan fingerprint density at radius 1 is 1.15 bits per heavy atom. The molecule has 1 atom stereocenters. The number of likely N-dealkylation sites (tertiary alicyclic amines) is 1. The number of rotatable bonds is 5. The Kier molecular flexibility index (Phi) is 5.89. The third-order valence-corrected chi connectivity index (χ3v) is 5.01. The first kappa shape index (κ1) is 18.4. The van der Waals surface area contributed by atoms with Gasteiger partial charge in [-0.1, -0.05) is 12.1 Å². The molecule has 26 heavy (non-hydrogen) atoms. The quantitative estimate of drug-likeness (QED) is 0.890. The van der Waals surface area contributed by atoms with Crippen LogP contribution in [-0.4, -0.2) is 42.7 Å². The zero-order chi connectivity index (χ0) is 18.5. The Labute approximate surface area is 153 Å². The number of hydrogen-bond donors (Lipinski definition) is 1. The van der Waals surface area contributed by atoms with Gasteiger partial charge < -0.3 is 14.9 Å². The van der Waals surface area contributed by atoms with E-state index >= 15 is 0 Å². The Hall–Kier alpha value is -2.40. The molecule has 2 aromatic rings. The van der Waals surface area contributed by atoms with Crippen LogP contribution < -0.4 is 4.90 Å². The number of carbonyl (C=O) groups excluding carboxylic acids is 1. The molecule has 1 fully saturated rings. The van der Waals surface area contributed by atoms with Crippen molar-refractivity contribution in [2.24, 2.45) is 0 Å². The molecule has 5 heteroatoms. The van der Waals surface area contributed by atoms with Gasteiger partial charge in [0, 0.05) is 31.4 Å². The number of hydrogen-bond acceptors (Lipinski definition) is 3. The van der Waals surface area contributed by atoms with E-state index in [4.69, 9.17) is 5.11 Å². The standard InChI is InChI=1S/C21H25FN2O2/c1-23(14-15-25)19-11-7-17(8-12-19)21(26)24-13-3-2-4-20(24)16-5-9-18(22)10-6-16/h5-12,20,25H,2-4,13-15H2,1H3/t20-/m0/s1. The molecule has 3 rings (SSSR count). The Balaban J connectivity index is 1.79. The molecule has 0 aliphatic carbocycles. The largest absolute Gasteiger partial charge is 0.395 e. The van der Waals surface area contributed by atoms with Crippen molar-refractivity contribution >= 4 is 11.6 Å². The van der Waals surface area contributed by atoms with Crippen molar-refractivity contribution in [3.63, 3.8) is 0 Å². The normalized spacial score (nSPS) is 17.2. The smallest absolute Gasteiger partial charge is 0.254 e. The summed E-state index contributed by atoms with van der Waals surface area (Å²) >= 11 is 0. The van der Waals surface area contributed by atoms with Crippen LogP contribution in [0.4, 0.5) is 10.1 Å². The Morgan fingerprint density at radius 2 is 1.85 bits per heavy atom. The summed E-state index contributed by atoms with van der Waals surface area (Å²) < 4.78 is 13.2. The molecule has 1 aliphatic heterocycles. The van der Waals surface area contributed by atoms with Crippen LogP contribution >= 0.6 is 0 Å². The van der Waals surface area contributed by atoms with Gasteiger partial charge in [0.05, 0.1) is 12.6 Å². The van der Waals surface area contributed by atoms with Gasteiger partial charge in [-0.15, -0.1) is 0 Å². The SMILES string of the molecule is CN(CCO)c1ccc(C(=O)N2CCCC[C@H]2c2ccc(F)cc2)cc1. The third-order valence-electron chi connectivity index (χ3n) is 5.01. The first-order valence-corrected chi connectivity index (χ1v) is 9.08. The van der Waals surface area contributed by atoms with E-state index in [1.54, 1.807) is 12.1 Å². The molecule has 0 radical (unpaired) electrons. The average molecular weight is 356 g/mol. The zero-order valence-electron chi connectivity index (χ0n) is 15.1. The van der Waals surface area contributed by atoms with Gasteiger partial charge in [0.25, 0.3) is 5.91 Å². The van der Waals surface area contributed by atoms with Crippen LogP contribution in [0.2, 0.25) is 0 Å². The lowest BCUT2D eigenvalue weighted by molar-refractivity contribution is 0.0611. The second-order valence-electron chi connectivity index (χ2n) is 6.75. The fraction of sp³-hybridized carbons (Fsp3) is 0.381. The summed E-state index contributed by atoms with van der Waals surface area (Å²) in [4.78, 5) is 16.9. The van der Waals surface area contributed by atoms with E-state index in [9.17, 15) is 9.18 Å². The summed E-state index contributed by atoms with van der Waals surface area (Å²) in [5.74, 6) is -0.250. The van der Waals surface area contributed by atoms with Crippen molar-refractivity contribution in [1.82, 2.24) is 4.90 Å². The van der Waals surface area contributed by atoms with E-state index in [0.29, 0.717) is 18.7 Å². The van der Waals surface area contributed by atoms with Crippen molar-refractivity contribution in [3.8, 4) is 0 Å². The second-order valence-corrected chi connectivity index (χ2v) is 6.75. The number of anilines is 1. The lowest BCUT2D eigenvalue weighted by atomic mass is 9.94. The minimum absolute atomic E-state index is 0.00594. The average Bonchev–Trinajstić information content (AvgIpc) is 2.68. The van der Waals surface area contributed by atoms with Gasteiger partial charge in [-0.25, -0.2) is 4.39 Å². The van der Waals surface area contributed by atoms with Gasteiger partial charge in [-0.3, -0.25) is 4.79 Å². The maximum absolute atomic E-state index is 13.2. The monoisotopic (exact) mass is 356 g/mol. The van der Waals surface area contributed by atoms with Crippen molar-refractivity contribution in [1.29, 1.82) is 0 Å². The number of benzene rings is 2. The number of likely N-dealkylation sites (N-methyl/N-ethyl adjacent to an activating group) is 1. The molecule has 1 aliphatic rings. The van der Waals surface area contributed by atoms with Gasteiger partial charge in [-0.05, 0) is 61.2 Å². The fourth-order valence-electron chi connectivity index (χ4n) is 3.51. The molecule has 4 nitrogen and oxygen atoms in total. The minimum Gasteiger partial charge on any atom is -0.395 e. The van der Waals surface area contributed by atoms with Crippen LogP contribution in [0, 0.1) is 5.82 Å².